The van der Waals surface area contributed by atoms with Gasteiger partial charge in [-0.1, -0.05) is 37.3 Å². The highest BCUT2D eigenvalue weighted by Gasteiger charge is 2.36. The van der Waals surface area contributed by atoms with Gasteiger partial charge in [0.1, 0.15) is 0 Å². The van der Waals surface area contributed by atoms with E-state index in [0.29, 0.717) is 23.1 Å². The van der Waals surface area contributed by atoms with E-state index in [2.05, 4.69) is 5.32 Å². The van der Waals surface area contributed by atoms with Crippen molar-refractivity contribution >= 4 is 53.1 Å². The van der Waals surface area contributed by atoms with Gasteiger partial charge in [0.2, 0.25) is 5.69 Å². The number of hydrogen-bond acceptors (Lipinski definition) is 7. The molecule has 1 unspecified atom stereocenters. The lowest BCUT2D eigenvalue weighted by Gasteiger charge is -2.20. The van der Waals surface area contributed by atoms with Crippen LogP contribution in [0.4, 0.5) is 13.2 Å². The lowest BCUT2D eigenvalue weighted by Crippen LogP contribution is -2.29. The number of nitrogens with zero attached hydrogens (tertiary/aromatic N) is 1. The second kappa shape index (κ2) is 14.5. The first-order valence-corrected chi connectivity index (χ1v) is 14.9. The van der Waals surface area contributed by atoms with E-state index in [0.717, 1.165) is 28.9 Å². The maximum absolute atomic E-state index is 12.4. The molecule has 0 aromatic heterocycles. The third-order valence-corrected chi connectivity index (χ3v) is 10.6. The number of imide groups is 1. The Morgan fingerprint density at radius 1 is 1.06 bits per heavy atom. The third kappa shape index (κ3) is 8.83. The maximum Gasteiger partial charge on any atom is 0.416 e. The molecule has 2 aromatic carbocycles. The van der Waals surface area contributed by atoms with E-state index < -0.39 is 17.4 Å². The van der Waals surface area contributed by atoms with Crippen molar-refractivity contribution in [3.05, 3.63) is 70.8 Å². The van der Waals surface area contributed by atoms with Gasteiger partial charge in [-0.2, -0.15) is 13.2 Å². The Balaban J connectivity index is 0.000000356. The number of hydrogen-bond donors (Lipinski definition) is 1. The molecule has 0 saturated carbocycles. The fourth-order valence-electron chi connectivity index (χ4n) is 3.31. The highest BCUT2D eigenvalue weighted by Crippen LogP contribution is 2.60. The molecule has 0 radical (unpaired) electrons. The molecule has 0 bridgehead atoms. The van der Waals surface area contributed by atoms with E-state index in [1.165, 1.54) is 26.4 Å². The predicted octanol–water partition coefficient (Wildman–Crippen LogP) is 6.16. The molecule has 2 aromatic rings. The lowest BCUT2D eigenvalue weighted by molar-refractivity contribution is -0.137. The van der Waals surface area contributed by atoms with E-state index in [1.54, 1.807) is 30.3 Å². The monoisotopic (exact) mass is 584 g/mol. The topological polar surface area (TPSA) is 67.9 Å². The fourth-order valence-corrected chi connectivity index (χ4v) is 5.99. The van der Waals surface area contributed by atoms with Crippen molar-refractivity contribution in [1.29, 1.82) is 0 Å². The molecular formula is C23H29ClF3N2O4PS2. The summed E-state index contributed by atoms with van der Waals surface area (Å²) < 4.78 is 47.5. The average Bonchev–Trinajstić information content (AvgIpc) is 3.07. The van der Waals surface area contributed by atoms with Crippen LogP contribution in [-0.4, -0.2) is 49.4 Å². The summed E-state index contributed by atoms with van der Waals surface area (Å²) in [6.07, 6.45) is -3.64. The lowest BCUT2D eigenvalue weighted by atomic mass is 10.0. The first kappa shape index (κ1) is 32.6. The van der Waals surface area contributed by atoms with Crippen LogP contribution in [0, 0.1) is 0 Å². The van der Waals surface area contributed by atoms with E-state index in [-0.39, 0.29) is 36.1 Å². The molecule has 6 nitrogen and oxygen atoms in total. The van der Waals surface area contributed by atoms with Crippen molar-refractivity contribution in [2.75, 3.05) is 26.6 Å². The number of nitrogens with one attached hydrogen (secondary N) is 1. The second-order valence-electron chi connectivity index (χ2n) is 7.52. The SMILES string of the molecule is CCNC(C)Cc1cccc(C(F)(F)F)c1.COP(=S)(OC)SCN1C(=O)c2ccccc2C1=O.Cl. The molecule has 200 valence electrons. The number of fused-ring (bicyclic) bond motifs is 1. The predicted molar refractivity (Wildman–Crippen MR) is 143 cm³/mol. The number of alkyl halides is 3. The van der Waals surface area contributed by atoms with Gasteiger partial charge in [-0.15, -0.1) is 12.4 Å². The zero-order chi connectivity index (χ0) is 26.2. The van der Waals surface area contributed by atoms with Crippen LogP contribution in [0.3, 0.4) is 0 Å². The van der Waals surface area contributed by atoms with Crippen LogP contribution >= 0.6 is 29.5 Å². The molecule has 1 aliphatic rings. The Labute approximate surface area is 224 Å². The van der Waals surface area contributed by atoms with Crippen molar-refractivity contribution in [3.8, 4) is 0 Å². The zero-order valence-corrected chi connectivity index (χ0v) is 23.5. The van der Waals surface area contributed by atoms with Crippen LogP contribution < -0.4 is 5.32 Å². The summed E-state index contributed by atoms with van der Waals surface area (Å²) in [5.41, 5.74) is -1.49. The standard InChI is InChI=1S/C12H16F3N.C11H12NO4PS2.ClH/c1-3-16-9(2)7-10-5-4-6-11(8-10)12(13,14)15;1-15-17(18,16-2)19-7-12-10(13)8-5-3-4-6-9(8)11(12)14;/h4-6,8-9,16H,3,7H2,1-2H3;3-6H,7H2,1-2H3;1H. The minimum atomic E-state index is -4.25. The van der Waals surface area contributed by atoms with Crippen molar-refractivity contribution in [3.63, 3.8) is 0 Å². The van der Waals surface area contributed by atoms with Gasteiger partial charge in [-0.3, -0.25) is 14.5 Å². The molecule has 1 N–H and O–H groups in total. The molecular weight excluding hydrogens is 556 g/mol. The average molecular weight is 585 g/mol. The Morgan fingerprint density at radius 2 is 1.61 bits per heavy atom. The van der Waals surface area contributed by atoms with Gasteiger partial charge in [0.25, 0.3) is 11.8 Å². The van der Waals surface area contributed by atoms with Gasteiger partial charge in [0, 0.05) is 20.3 Å². The molecule has 0 saturated heterocycles. The van der Waals surface area contributed by atoms with Gasteiger partial charge in [0.05, 0.1) is 22.6 Å². The number of benzene rings is 2. The summed E-state index contributed by atoms with van der Waals surface area (Å²) in [6, 6.07) is 12.4. The van der Waals surface area contributed by atoms with Crippen LogP contribution in [0.2, 0.25) is 0 Å². The third-order valence-electron chi connectivity index (χ3n) is 5.02. The van der Waals surface area contributed by atoms with Gasteiger partial charge in [-0.05, 0) is 66.8 Å². The number of amides is 2. The van der Waals surface area contributed by atoms with Crippen LogP contribution in [0.25, 0.3) is 0 Å². The molecule has 0 aliphatic carbocycles. The van der Waals surface area contributed by atoms with Gasteiger partial charge < -0.3 is 14.4 Å². The molecule has 36 heavy (non-hydrogen) atoms. The fraction of sp³-hybridized carbons (Fsp3) is 0.391. The summed E-state index contributed by atoms with van der Waals surface area (Å²) in [6.45, 7) is 4.76. The number of likely N-dealkylation sites (N-methyl/N-ethyl adjacent to an activating group) is 1. The molecule has 3 rings (SSSR count). The first-order chi connectivity index (χ1) is 16.5. The Hall–Kier alpha value is -1.46. The molecule has 13 heteroatoms. The highest BCUT2D eigenvalue weighted by atomic mass is 35.5. The molecule has 2 amide bonds. The minimum Gasteiger partial charge on any atom is -0.325 e. The Bertz CT molecular complexity index is 1050. The van der Waals surface area contributed by atoms with Gasteiger partial charge in [0.15, 0.2) is 0 Å². The van der Waals surface area contributed by atoms with Gasteiger partial charge >= 0.3 is 6.18 Å². The smallest absolute Gasteiger partial charge is 0.325 e. The first-order valence-electron chi connectivity index (χ1n) is 10.7. The molecule has 1 heterocycles. The Kier molecular flexibility index (Phi) is 13.1. The van der Waals surface area contributed by atoms with E-state index >= 15 is 0 Å². The van der Waals surface area contributed by atoms with Crippen LogP contribution in [0.5, 0.6) is 0 Å². The second-order valence-corrected chi connectivity index (χ2v) is 14.0. The summed E-state index contributed by atoms with van der Waals surface area (Å²) >= 11 is 6.35. The zero-order valence-electron chi connectivity index (χ0n) is 20.2. The summed E-state index contributed by atoms with van der Waals surface area (Å²) in [4.78, 5) is 25.3. The van der Waals surface area contributed by atoms with E-state index in [1.807, 2.05) is 13.8 Å². The van der Waals surface area contributed by atoms with E-state index in [4.69, 9.17) is 20.9 Å². The van der Waals surface area contributed by atoms with Crippen molar-refractivity contribution in [1.82, 2.24) is 10.2 Å². The number of halogens is 4. The van der Waals surface area contributed by atoms with Gasteiger partial charge in [-0.25, -0.2) is 0 Å². The van der Waals surface area contributed by atoms with Crippen LogP contribution in [0.1, 0.15) is 45.7 Å². The summed E-state index contributed by atoms with van der Waals surface area (Å²) in [7, 11) is 2.92. The van der Waals surface area contributed by atoms with Crippen LogP contribution in [0.15, 0.2) is 48.5 Å². The van der Waals surface area contributed by atoms with Crippen molar-refractivity contribution in [2.45, 2.75) is 32.5 Å². The quantitative estimate of drug-likeness (QED) is 0.280. The minimum absolute atomic E-state index is 0. The number of carbonyl (C=O) groups excluding carboxylic acids is 2. The van der Waals surface area contributed by atoms with Crippen LogP contribution in [-0.2, 0) is 33.5 Å². The highest BCUT2D eigenvalue weighted by molar-refractivity contribution is 8.67. The number of carbonyl (C=O) groups is 2. The normalized spacial score (nSPS) is 14.0. The molecule has 1 atom stereocenters. The van der Waals surface area contributed by atoms with Crippen molar-refractivity contribution < 1.29 is 31.8 Å². The maximum atomic E-state index is 12.4. The van der Waals surface area contributed by atoms with Crippen molar-refractivity contribution in [2.24, 2.45) is 0 Å². The number of rotatable bonds is 9. The molecule has 0 spiro atoms. The van der Waals surface area contributed by atoms with E-state index in [9.17, 15) is 22.8 Å². The Morgan fingerprint density at radius 3 is 2.08 bits per heavy atom. The molecule has 1 aliphatic heterocycles. The largest absolute Gasteiger partial charge is 0.416 e. The summed E-state index contributed by atoms with van der Waals surface area (Å²) in [5, 5.41) is 3.17. The summed E-state index contributed by atoms with van der Waals surface area (Å²) in [5.74, 6) is -0.477. The molecule has 0 fully saturated rings.